The molecule has 3 aromatic rings. The maximum atomic E-state index is 13.0. The Kier molecular flexibility index (Phi) is 7.91. The second-order valence-electron chi connectivity index (χ2n) is 7.47. The third-order valence-electron chi connectivity index (χ3n) is 4.47. The molecular weight excluding hydrogens is 456 g/mol. The van der Waals surface area contributed by atoms with Crippen molar-refractivity contribution in [2.45, 2.75) is 32.9 Å². The van der Waals surface area contributed by atoms with Gasteiger partial charge in [-0.15, -0.1) is 0 Å². The molecule has 0 unspecified atom stereocenters. The molecule has 174 valence electrons. The number of hydroxylamine groups is 2. The van der Waals surface area contributed by atoms with E-state index in [0.717, 1.165) is 17.6 Å². The smallest absolute Gasteiger partial charge is 0.362 e. The average molecular weight is 478 g/mol. The SMILES string of the molecule is Cc1ccnc(C(=O)Oc2ccccc2)c1CN(O)Cc1cnc(OCC(C)(F)F)c(Cl)c1. The van der Waals surface area contributed by atoms with Crippen LogP contribution in [0.1, 0.15) is 34.1 Å². The van der Waals surface area contributed by atoms with E-state index in [0.29, 0.717) is 16.9 Å². The Bertz CT molecular complexity index is 1110. The number of aromatic nitrogens is 2. The van der Waals surface area contributed by atoms with Crippen LogP contribution in [-0.2, 0) is 13.1 Å². The lowest BCUT2D eigenvalue weighted by Crippen LogP contribution is -2.23. The second-order valence-corrected chi connectivity index (χ2v) is 7.88. The molecule has 1 N–H and O–H groups in total. The largest absolute Gasteiger partial charge is 0.470 e. The highest BCUT2D eigenvalue weighted by molar-refractivity contribution is 6.31. The Balaban J connectivity index is 1.70. The van der Waals surface area contributed by atoms with Crippen molar-refractivity contribution < 1.29 is 28.3 Å². The molecule has 0 saturated carbocycles. The van der Waals surface area contributed by atoms with Gasteiger partial charge in [-0.05, 0) is 42.3 Å². The molecule has 0 fully saturated rings. The predicted molar refractivity (Wildman–Crippen MR) is 117 cm³/mol. The summed E-state index contributed by atoms with van der Waals surface area (Å²) in [7, 11) is 0. The Hall–Kier alpha value is -3.14. The molecule has 0 bridgehead atoms. The van der Waals surface area contributed by atoms with Crippen LogP contribution in [0.5, 0.6) is 11.6 Å². The fourth-order valence-corrected chi connectivity index (χ4v) is 3.15. The molecule has 7 nitrogen and oxygen atoms in total. The first kappa shape index (κ1) is 24.5. The van der Waals surface area contributed by atoms with Gasteiger partial charge >= 0.3 is 5.97 Å². The Labute approximate surface area is 194 Å². The number of carbonyl (C=O) groups excluding carboxylic acids is 1. The van der Waals surface area contributed by atoms with E-state index < -0.39 is 18.5 Å². The molecule has 0 aliphatic carbocycles. The zero-order valence-electron chi connectivity index (χ0n) is 18.0. The molecule has 0 spiro atoms. The fraction of sp³-hybridized carbons (Fsp3) is 0.261. The van der Waals surface area contributed by atoms with Gasteiger partial charge < -0.3 is 14.7 Å². The summed E-state index contributed by atoms with van der Waals surface area (Å²) in [5.74, 6) is -3.42. The first-order chi connectivity index (χ1) is 15.6. The van der Waals surface area contributed by atoms with Crippen LogP contribution in [0.3, 0.4) is 0 Å². The number of para-hydroxylation sites is 1. The zero-order chi connectivity index (χ0) is 24.0. The van der Waals surface area contributed by atoms with Gasteiger partial charge in [0.25, 0.3) is 5.92 Å². The van der Waals surface area contributed by atoms with Gasteiger partial charge in [0.05, 0.1) is 13.1 Å². The summed E-state index contributed by atoms with van der Waals surface area (Å²) in [4.78, 5) is 20.7. The maximum absolute atomic E-state index is 13.0. The van der Waals surface area contributed by atoms with E-state index in [1.807, 2.05) is 0 Å². The molecular formula is C23H22ClF2N3O4. The van der Waals surface area contributed by atoms with Crippen LogP contribution in [0.15, 0.2) is 54.9 Å². The van der Waals surface area contributed by atoms with E-state index in [1.165, 1.54) is 18.5 Å². The average Bonchev–Trinajstić information content (AvgIpc) is 2.74. The number of pyridine rings is 2. The van der Waals surface area contributed by atoms with Gasteiger partial charge in [-0.25, -0.2) is 23.5 Å². The van der Waals surface area contributed by atoms with Crippen molar-refractivity contribution >= 4 is 17.6 Å². The molecule has 2 heterocycles. The van der Waals surface area contributed by atoms with Gasteiger partial charge in [0.2, 0.25) is 5.88 Å². The third-order valence-corrected chi connectivity index (χ3v) is 4.74. The van der Waals surface area contributed by atoms with Crippen molar-refractivity contribution in [3.63, 3.8) is 0 Å². The predicted octanol–water partition coefficient (Wildman–Crippen LogP) is 5.08. The van der Waals surface area contributed by atoms with Gasteiger partial charge in [0.1, 0.15) is 10.8 Å². The van der Waals surface area contributed by atoms with Crippen molar-refractivity contribution in [1.82, 2.24) is 15.0 Å². The number of carbonyl (C=O) groups is 1. The van der Waals surface area contributed by atoms with Crippen LogP contribution in [0.4, 0.5) is 8.78 Å². The highest BCUT2D eigenvalue weighted by atomic mass is 35.5. The van der Waals surface area contributed by atoms with Gasteiger partial charge in [-0.1, -0.05) is 29.8 Å². The monoisotopic (exact) mass is 477 g/mol. The summed E-state index contributed by atoms with van der Waals surface area (Å²) in [6, 6.07) is 11.8. The third kappa shape index (κ3) is 7.18. The van der Waals surface area contributed by atoms with Crippen molar-refractivity contribution in [3.8, 4) is 11.6 Å². The van der Waals surface area contributed by atoms with E-state index in [2.05, 4.69) is 9.97 Å². The zero-order valence-corrected chi connectivity index (χ0v) is 18.7. The molecule has 2 aromatic heterocycles. The number of rotatable bonds is 9. The molecule has 0 amide bonds. The van der Waals surface area contributed by atoms with Crippen molar-refractivity contribution in [2.24, 2.45) is 0 Å². The molecule has 10 heteroatoms. The molecule has 0 atom stereocenters. The number of esters is 1. The number of nitrogens with zero attached hydrogens (tertiary/aromatic N) is 3. The van der Waals surface area contributed by atoms with Gasteiger partial charge in [0.15, 0.2) is 12.3 Å². The second kappa shape index (κ2) is 10.7. The topological polar surface area (TPSA) is 84.8 Å². The summed E-state index contributed by atoms with van der Waals surface area (Å²) in [6.45, 7) is 1.63. The Morgan fingerprint density at radius 3 is 2.58 bits per heavy atom. The minimum atomic E-state index is -3.02. The number of hydrogen-bond acceptors (Lipinski definition) is 7. The molecule has 1 aromatic carbocycles. The lowest BCUT2D eigenvalue weighted by atomic mass is 10.1. The van der Waals surface area contributed by atoms with E-state index in [4.69, 9.17) is 21.1 Å². The quantitative estimate of drug-likeness (QED) is 0.261. The van der Waals surface area contributed by atoms with Crippen LogP contribution in [0, 0.1) is 6.92 Å². The van der Waals surface area contributed by atoms with E-state index >= 15 is 0 Å². The van der Waals surface area contributed by atoms with Crippen molar-refractivity contribution in [2.75, 3.05) is 6.61 Å². The molecule has 3 rings (SSSR count). The number of halogens is 3. The van der Waals surface area contributed by atoms with Gasteiger partial charge in [-0.2, -0.15) is 5.06 Å². The van der Waals surface area contributed by atoms with Crippen LogP contribution >= 0.6 is 11.6 Å². The molecule has 0 aliphatic rings. The highest BCUT2D eigenvalue weighted by Crippen LogP contribution is 2.25. The highest BCUT2D eigenvalue weighted by Gasteiger charge is 2.23. The summed E-state index contributed by atoms with van der Waals surface area (Å²) >= 11 is 6.07. The number of hydrogen-bond donors (Lipinski definition) is 1. The summed E-state index contributed by atoms with van der Waals surface area (Å²) < 4.78 is 36.2. The molecule has 33 heavy (non-hydrogen) atoms. The van der Waals surface area contributed by atoms with Crippen LogP contribution in [0.25, 0.3) is 0 Å². The first-order valence-electron chi connectivity index (χ1n) is 9.93. The minimum Gasteiger partial charge on any atom is -0.470 e. The minimum absolute atomic E-state index is 0.00154. The van der Waals surface area contributed by atoms with Crippen LogP contribution in [0.2, 0.25) is 5.02 Å². The van der Waals surface area contributed by atoms with Crippen LogP contribution in [-0.4, -0.2) is 38.7 Å². The number of benzene rings is 1. The maximum Gasteiger partial charge on any atom is 0.362 e. The number of alkyl halides is 2. The standard InChI is InChI=1S/C23H22ClF2N3O4/c1-15-8-9-27-20(22(30)33-17-6-4-3-5-7-17)18(15)13-29(31)12-16-10-19(24)21(28-11-16)32-14-23(2,25)26/h3-11,31H,12-14H2,1-2H3. The normalized spacial score (nSPS) is 11.5. The van der Waals surface area contributed by atoms with Crippen LogP contribution < -0.4 is 9.47 Å². The Morgan fingerprint density at radius 2 is 1.91 bits per heavy atom. The van der Waals surface area contributed by atoms with Gasteiger partial charge in [0, 0.05) is 24.9 Å². The molecule has 0 aliphatic heterocycles. The summed E-state index contributed by atoms with van der Waals surface area (Å²) in [5.41, 5.74) is 1.82. The van der Waals surface area contributed by atoms with Gasteiger partial charge in [-0.3, -0.25) is 0 Å². The fourth-order valence-electron chi connectivity index (χ4n) is 2.91. The van der Waals surface area contributed by atoms with E-state index in [1.54, 1.807) is 43.3 Å². The van der Waals surface area contributed by atoms with Crippen molar-refractivity contribution in [3.05, 3.63) is 82.3 Å². The Morgan fingerprint density at radius 1 is 1.18 bits per heavy atom. The molecule has 0 saturated heterocycles. The van der Waals surface area contributed by atoms with Crippen molar-refractivity contribution in [1.29, 1.82) is 0 Å². The summed E-state index contributed by atoms with van der Waals surface area (Å²) in [5, 5.41) is 11.5. The lowest BCUT2D eigenvalue weighted by molar-refractivity contribution is -0.108. The van der Waals surface area contributed by atoms with E-state index in [-0.39, 0.29) is 29.7 Å². The number of ether oxygens (including phenoxy) is 2. The summed E-state index contributed by atoms with van der Waals surface area (Å²) in [6.07, 6.45) is 2.85. The number of aryl methyl sites for hydroxylation is 1. The first-order valence-corrected chi connectivity index (χ1v) is 10.3. The molecule has 0 radical (unpaired) electrons. The lowest BCUT2D eigenvalue weighted by Gasteiger charge is -2.18. The van der Waals surface area contributed by atoms with E-state index in [9.17, 15) is 18.8 Å².